The molecule has 0 aromatic heterocycles. The van der Waals surface area contributed by atoms with Crippen LogP contribution in [0.2, 0.25) is 0 Å². The van der Waals surface area contributed by atoms with Crippen LogP contribution in [0.15, 0.2) is 30.3 Å². The highest BCUT2D eigenvalue weighted by molar-refractivity contribution is 6.18. The molecule has 1 atom stereocenters. The molecule has 2 amide bonds. The maximum absolute atomic E-state index is 11.8. The van der Waals surface area contributed by atoms with Crippen molar-refractivity contribution in [1.29, 1.82) is 0 Å². The van der Waals surface area contributed by atoms with Crippen LogP contribution in [-0.2, 0) is 4.74 Å². The number of rotatable bonds is 3. The highest BCUT2D eigenvalue weighted by Crippen LogP contribution is 2.11. The quantitative estimate of drug-likeness (QED) is 0.830. The molecule has 0 bridgehead atoms. The first-order valence-electron chi connectivity index (χ1n) is 5.10. The summed E-state index contributed by atoms with van der Waals surface area (Å²) in [6.07, 6.45) is -0.583. The lowest BCUT2D eigenvalue weighted by molar-refractivity contribution is 0.0805. The molecule has 1 fully saturated rings. The summed E-state index contributed by atoms with van der Waals surface area (Å²) in [4.78, 5) is 23.1. The van der Waals surface area contributed by atoms with Crippen LogP contribution in [0.4, 0.5) is 4.79 Å². The molecule has 1 N–H and O–H groups in total. The van der Waals surface area contributed by atoms with Gasteiger partial charge in [0.25, 0.3) is 5.91 Å². The Labute approximate surface area is 103 Å². The number of hydrogen-bond acceptors (Lipinski definition) is 3. The number of nitrogens with one attached hydrogen (secondary N) is 1. The zero-order valence-corrected chi connectivity index (χ0v) is 9.68. The summed E-state index contributed by atoms with van der Waals surface area (Å²) >= 11 is 5.67. The van der Waals surface area contributed by atoms with Gasteiger partial charge < -0.3 is 4.74 Å². The van der Waals surface area contributed by atoms with Crippen molar-refractivity contribution in [2.45, 2.75) is 6.04 Å². The second-order valence-electron chi connectivity index (χ2n) is 3.56. The van der Waals surface area contributed by atoms with Gasteiger partial charge in [-0.05, 0) is 12.1 Å². The monoisotopic (exact) mass is 254 g/mol. The average molecular weight is 255 g/mol. The molecule has 6 heteroatoms. The topological polar surface area (TPSA) is 58.6 Å². The largest absolute Gasteiger partial charge is 0.446 e. The molecule has 0 spiro atoms. The van der Waals surface area contributed by atoms with E-state index >= 15 is 0 Å². The minimum atomic E-state index is -0.583. The molecule has 0 aliphatic carbocycles. The van der Waals surface area contributed by atoms with Gasteiger partial charge in [0.1, 0.15) is 12.6 Å². The van der Waals surface area contributed by atoms with Gasteiger partial charge in [-0.1, -0.05) is 18.2 Å². The summed E-state index contributed by atoms with van der Waals surface area (Å²) < 4.78 is 4.79. The number of carbonyl (C=O) groups is 2. The fourth-order valence-electron chi connectivity index (χ4n) is 1.47. The van der Waals surface area contributed by atoms with Crippen molar-refractivity contribution in [1.82, 2.24) is 10.4 Å². The normalized spacial score (nSPS) is 19.0. The number of carbonyl (C=O) groups excluding carboxylic acids is 2. The van der Waals surface area contributed by atoms with E-state index in [1.54, 1.807) is 24.3 Å². The van der Waals surface area contributed by atoms with Crippen LogP contribution in [0.25, 0.3) is 0 Å². The Morgan fingerprint density at radius 3 is 2.82 bits per heavy atom. The lowest BCUT2D eigenvalue weighted by Crippen LogP contribution is -2.48. The predicted molar refractivity (Wildman–Crippen MR) is 61.6 cm³/mol. The molecule has 1 aromatic carbocycles. The number of alkyl halides is 1. The number of benzene rings is 1. The van der Waals surface area contributed by atoms with E-state index in [1.165, 1.54) is 0 Å². The first-order chi connectivity index (χ1) is 8.22. The second-order valence-corrected chi connectivity index (χ2v) is 3.87. The van der Waals surface area contributed by atoms with Crippen molar-refractivity contribution >= 4 is 23.6 Å². The van der Waals surface area contributed by atoms with Gasteiger partial charge in [0.05, 0.1) is 0 Å². The van der Waals surface area contributed by atoms with Crippen molar-refractivity contribution in [2.75, 3.05) is 12.5 Å². The zero-order chi connectivity index (χ0) is 12.3. The molecule has 2 rings (SSSR count). The number of halogens is 1. The van der Waals surface area contributed by atoms with E-state index in [2.05, 4.69) is 5.43 Å². The van der Waals surface area contributed by atoms with Gasteiger partial charge in [-0.2, -0.15) is 0 Å². The van der Waals surface area contributed by atoms with Crippen molar-refractivity contribution in [3.05, 3.63) is 35.9 Å². The fraction of sp³-hybridized carbons (Fsp3) is 0.273. The van der Waals surface area contributed by atoms with E-state index in [4.69, 9.17) is 16.3 Å². The molecule has 5 nitrogen and oxygen atoms in total. The SMILES string of the molecule is O=C(NN1C(=O)OCC1CCl)c1ccccc1. The number of ether oxygens (including phenoxy) is 1. The summed E-state index contributed by atoms with van der Waals surface area (Å²) in [6, 6.07) is 8.30. The van der Waals surface area contributed by atoms with Crippen molar-refractivity contribution in [3.63, 3.8) is 0 Å². The molecule has 0 radical (unpaired) electrons. The van der Waals surface area contributed by atoms with Gasteiger partial charge in [0, 0.05) is 11.4 Å². The van der Waals surface area contributed by atoms with Gasteiger partial charge in [-0.15, -0.1) is 11.6 Å². The molecule has 1 aliphatic heterocycles. The van der Waals surface area contributed by atoms with Crippen LogP contribution in [0, 0.1) is 0 Å². The van der Waals surface area contributed by atoms with Crippen LogP contribution in [0.1, 0.15) is 10.4 Å². The van der Waals surface area contributed by atoms with E-state index < -0.39 is 6.09 Å². The van der Waals surface area contributed by atoms with E-state index in [1.807, 2.05) is 6.07 Å². The summed E-state index contributed by atoms with van der Waals surface area (Å²) in [7, 11) is 0. The summed E-state index contributed by atoms with van der Waals surface area (Å²) in [5.41, 5.74) is 2.95. The van der Waals surface area contributed by atoms with Crippen LogP contribution < -0.4 is 5.43 Å². The fourth-order valence-corrected chi connectivity index (χ4v) is 1.70. The van der Waals surface area contributed by atoms with Crippen molar-refractivity contribution in [2.24, 2.45) is 0 Å². The molecule has 1 saturated heterocycles. The van der Waals surface area contributed by atoms with Gasteiger partial charge >= 0.3 is 6.09 Å². The summed E-state index contributed by atoms with van der Waals surface area (Å²) in [5.74, 6) is -0.152. The Balaban J connectivity index is 2.06. The van der Waals surface area contributed by atoms with Crippen molar-refractivity contribution < 1.29 is 14.3 Å². The molecule has 1 aromatic rings. The average Bonchev–Trinajstić information content (AvgIpc) is 2.71. The number of hydrazine groups is 1. The smallest absolute Gasteiger partial charge is 0.429 e. The Kier molecular flexibility index (Phi) is 3.49. The number of amides is 2. The van der Waals surface area contributed by atoms with E-state index in [-0.39, 0.29) is 24.4 Å². The molecular weight excluding hydrogens is 244 g/mol. The molecule has 1 unspecified atom stereocenters. The van der Waals surface area contributed by atoms with Gasteiger partial charge in [-0.25, -0.2) is 9.80 Å². The highest BCUT2D eigenvalue weighted by Gasteiger charge is 2.33. The van der Waals surface area contributed by atoms with E-state index in [0.29, 0.717) is 5.56 Å². The van der Waals surface area contributed by atoms with Crippen molar-refractivity contribution in [3.8, 4) is 0 Å². The zero-order valence-electron chi connectivity index (χ0n) is 8.93. The third-order valence-electron chi connectivity index (χ3n) is 2.40. The van der Waals surface area contributed by atoms with E-state index in [0.717, 1.165) is 5.01 Å². The Hall–Kier alpha value is -1.75. The molecule has 90 valence electrons. The standard InChI is InChI=1S/C11H11ClN2O3/c12-6-9-7-17-11(16)14(9)13-10(15)8-4-2-1-3-5-8/h1-5,9H,6-7H2,(H,13,15). The Bertz CT molecular complexity index is 424. The number of nitrogens with zero attached hydrogens (tertiary/aromatic N) is 1. The Morgan fingerprint density at radius 1 is 1.47 bits per heavy atom. The van der Waals surface area contributed by atoms with Crippen LogP contribution in [0.3, 0.4) is 0 Å². The van der Waals surface area contributed by atoms with Crippen LogP contribution in [-0.4, -0.2) is 35.5 Å². The lowest BCUT2D eigenvalue weighted by atomic mass is 10.2. The maximum atomic E-state index is 11.8. The number of cyclic esters (lactones) is 1. The van der Waals surface area contributed by atoms with Gasteiger partial charge in [0.15, 0.2) is 0 Å². The van der Waals surface area contributed by atoms with Gasteiger partial charge in [0.2, 0.25) is 0 Å². The van der Waals surface area contributed by atoms with E-state index in [9.17, 15) is 9.59 Å². The summed E-state index contributed by atoms with van der Waals surface area (Å²) in [5, 5.41) is 1.13. The highest BCUT2D eigenvalue weighted by atomic mass is 35.5. The molecule has 1 aliphatic rings. The van der Waals surface area contributed by atoms with Crippen LogP contribution >= 0.6 is 11.6 Å². The molecular formula is C11H11ClN2O3. The molecule has 0 saturated carbocycles. The molecule has 1 heterocycles. The maximum Gasteiger partial charge on any atom is 0.429 e. The first kappa shape index (κ1) is 11.7. The number of hydrogen-bond donors (Lipinski definition) is 1. The minimum absolute atomic E-state index is 0.192. The van der Waals surface area contributed by atoms with Crippen LogP contribution in [0.5, 0.6) is 0 Å². The molecule has 17 heavy (non-hydrogen) atoms. The lowest BCUT2D eigenvalue weighted by Gasteiger charge is -2.19. The predicted octanol–water partition coefficient (Wildman–Crippen LogP) is 1.39. The Morgan fingerprint density at radius 2 is 2.18 bits per heavy atom. The minimum Gasteiger partial charge on any atom is -0.446 e. The third kappa shape index (κ3) is 2.50. The second kappa shape index (κ2) is 5.05. The summed E-state index contributed by atoms with van der Waals surface area (Å²) in [6.45, 7) is 0.192. The van der Waals surface area contributed by atoms with Gasteiger partial charge in [-0.3, -0.25) is 10.2 Å². The third-order valence-corrected chi connectivity index (χ3v) is 2.75. The first-order valence-corrected chi connectivity index (χ1v) is 5.64.